The molecule has 0 saturated heterocycles. The van der Waals surface area contributed by atoms with Gasteiger partial charge in [-0.05, 0) is 12.1 Å². The van der Waals surface area contributed by atoms with Crippen molar-refractivity contribution in [1.29, 1.82) is 0 Å². The van der Waals surface area contributed by atoms with E-state index in [0.717, 1.165) is 10.1 Å². The van der Waals surface area contributed by atoms with E-state index in [1.54, 1.807) is 18.2 Å². The number of hydrogen-bond donors (Lipinski definition) is 1. The zero-order valence-corrected chi connectivity index (χ0v) is 14.4. The minimum atomic E-state index is -0.986. The second-order valence-electron chi connectivity index (χ2n) is 5.58. The summed E-state index contributed by atoms with van der Waals surface area (Å²) in [6, 6.07) is 14.0. The average molecular weight is 371 g/mol. The van der Waals surface area contributed by atoms with E-state index in [1.807, 2.05) is 24.3 Å². The Morgan fingerprint density at radius 3 is 2.64 bits per heavy atom. The van der Waals surface area contributed by atoms with Crippen LogP contribution in [0.15, 0.2) is 57.7 Å². The smallest absolute Gasteiger partial charge is 0.307 e. The van der Waals surface area contributed by atoms with Crippen molar-refractivity contribution in [3.8, 4) is 10.6 Å². The van der Waals surface area contributed by atoms with Gasteiger partial charge in [-0.25, -0.2) is 0 Å². The molecule has 0 aliphatic carbocycles. The van der Waals surface area contributed by atoms with E-state index in [1.165, 1.54) is 17.4 Å². The highest BCUT2D eigenvalue weighted by molar-refractivity contribution is 7.23. The number of para-hydroxylation sites is 1. The Morgan fingerprint density at radius 1 is 1.12 bits per heavy atom. The van der Waals surface area contributed by atoms with Crippen molar-refractivity contribution in [3.63, 3.8) is 0 Å². The van der Waals surface area contributed by atoms with Gasteiger partial charge in [0.05, 0.1) is 21.7 Å². The summed E-state index contributed by atoms with van der Waals surface area (Å²) in [6.45, 7) is 0. The highest BCUT2D eigenvalue weighted by Gasteiger charge is 2.17. The fourth-order valence-electron chi connectivity index (χ4n) is 2.82. The van der Waals surface area contributed by atoms with Crippen molar-refractivity contribution in [2.24, 2.45) is 0 Å². The van der Waals surface area contributed by atoms with Gasteiger partial charge >= 0.3 is 5.97 Å². The second kappa shape index (κ2) is 6.02. The number of thiophene rings is 1. The third-order valence-electron chi connectivity index (χ3n) is 3.94. The van der Waals surface area contributed by atoms with E-state index < -0.39 is 5.97 Å². The molecule has 4 rings (SSSR count). The van der Waals surface area contributed by atoms with Gasteiger partial charge in [0.2, 0.25) is 0 Å². The molecule has 2 aromatic carbocycles. The van der Waals surface area contributed by atoms with Crippen LogP contribution in [0.25, 0.3) is 31.7 Å². The third-order valence-corrected chi connectivity index (χ3v) is 5.63. The van der Waals surface area contributed by atoms with Gasteiger partial charge in [0.15, 0.2) is 5.43 Å². The van der Waals surface area contributed by atoms with Crippen LogP contribution in [0.1, 0.15) is 5.56 Å². The molecule has 4 nitrogen and oxygen atoms in total. The number of carbonyl (C=O) groups is 1. The van der Waals surface area contributed by atoms with Crippen LogP contribution in [0.3, 0.4) is 0 Å². The number of halogens is 1. The summed E-state index contributed by atoms with van der Waals surface area (Å²) in [5, 5.41) is 10.9. The molecule has 124 valence electrons. The number of hydrogen-bond acceptors (Lipinski definition) is 4. The molecule has 4 aromatic rings. The fraction of sp³-hybridized carbons (Fsp3) is 0.0526. The molecule has 0 unspecified atom stereocenters. The molecule has 0 aliphatic heterocycles. The Labute approximate surface area is 150 Å². The number of benzene rings is 2. The SMILES string of the molecule is O=C(O)Cc1cccc2c(=O)cc(-c3sc4ccccc4c3Cl)oc12. The van der Waals surface area contributed by atoms with Crippen molar-refractivity contribution in [1.82, 2.24) is 0 Å². The summed E-state index contributed by atoms with van der Waals surface area (Å²) >= 11 is 7.91. The molecule has 25 heavy (non-hydrogen) atoms. The maximum Gasteiger partial charge on any atom is 0.307 e. The van der Waals surface area contributed by atoms with E-state index in [4.69, 9.17) is 21.1 Å². The summed E-state index contributed by atoms with van der Waals surface area (Å²) in [5.74, 6) is -0.637. The number of aliphatic carboxylic acids is 1. The molecule has 0 aliphatic rings. The molecule has 2 heterocycles. The number of carboxylic acids is 1. The predicted molar refractivity (Wildman–Crippen MR) is 99.7 cm³/mol. The Morgan fingerprint density at radius 2 is 1.88 bits per heavy atom. The van der Waals surface area contributed by atoms with Gasteiger partial charge in [0, 0.05) is 21.7 Å². The van der Waals surface area contributed by atoms with E-state index in [-0.39, 0.29) is 11.8 Å². The summed E-state index contributed by atoms with van der Waals surface area (Å²) in [5.41, 5.74) is 0.527. The lowest BCUT2D eigenvalue weighted by Gasteiger charge is -2.05. The molecule has 0 spiro atoms. The van der Waals surface area contributed by atoms with Crippen molar-refractivity contribution in [2.45, 2.75) is 6.42 Å². The second-order valence-corrected chi connectivity index (χ2v) is 7.01. The molecular formula is C19H11ClO4S. The molecule has 0 atom stereocenters. The van der Waals surface area contributed by atoms with Crippen LogP contribution in [0, 0.1) is 0 Å². The predicted octanol–water partition coefficient (Wildman–Crippen LogP) is 4.96. The van der Waals surface area contributed by atoms with Crippen molar-refractivity contribution >= 4 is 50.0 Å². The van der Waals surface area contributed by atoms with Gasteiger partial charge in [-0.1, -0.05) is 41.9 Å². The first-order valence-corrected chi connectivity index (χ1v) is 8.69. The topological polar surface area (TPSA) is 67.5 Å². The van der Waals surface area contributed by atoms with Crippen LogP contribution in [-0.4, -0.2) is 11.1 Å². The molecule has 0 fully saturated rings. The summed E-state index contributed by atoms with van der Waals surface area (Å²) in [6.07, 6.45) is -0.218. The van der Waals surface area contributed by atoms with Gasteiger partial charge in [-0.2, -0.15) is 0 Å². The monoisotopic (exact) mass is 370 g/mol. The number of carboxylic acid groups (broad SMARTS) is 1. The van der Waals surface area contributed by atoms with Crippen molar-refractivity contribution < 1.29 is 14.3 Å². The fourth-order valence-corrected chi connectivity index (χ4v) is 4.30. The quantitative estimate of drug-likeness (QED) is 0.553. The zero-order chi connectivity index (χ0) is 17.6. The molecule has 0 amide bonds. The Bertz CT molecular complexity index is 1190. The maximum atomic E-state index is 12.5. The summed E-state index contributed by atoms with van der Waals surface area (Å²) in [4.78, 5) is 24.2. The Balaban J connectivity index is 2.00. The van der Waals surface area contributed by atoms with Crippen LogP contribution in [0.5, 0.6) is 0 Å². The Hall–Kier alpha value is -2.63. The van der Waals surface area contributed by atoms with E-state index in [0.29, 0.717) is 32.2 Å². The molecule has 0 bridgehead atoms. The number of rotatable bonds is 3. The first-order chi connectivity index (χ1) is 12.0. The lowest BCUT2D eigenvalue weighted by molar-refractivity contribution is -0.136. The van der Waals surface area contributed by atoms with Crippen molar-refractivity contribution in [3.05, 3.63) is 69.3 Å². The van der Waals surface area contributed by atoms with Crippen LogP contribution < -0.4 is 5.43 Å². The minimum Gasteiger partial charge on any atom is -0.481 e. The van der Waals surface area contributed by atoms with E-state index >= 15 is 0 Å². The first kappa shape index (κ1) is 15.9. The standard InChI is InChI=1S/C19H11ClO4S/c20-17-12-5-1-2-7-15(12)25-19(17)14-9-13(21)11-6-3-4-10(8-16(22)23)18(11)24-14/h1-7,9H,8H2,(H,22,23). The molecule has 0 saturated carbocycles. The third kappa shape index (κ3) is 2.71. The lowest BCUT2D eigenvalue weighted by atomic mass is 10.1. The van der Waals surface area contributed by atoms with Crippen LogP contribution in [0.2, 0.25) is 5.02 Å². The lowest BCUT2D eigenvalue weighted by Crippen LogP contribution is -2.05. The first-order valence-electron chi connectivity index (χ1n) is 7.49. The number of fused-ring (bicyclic) bond motifs is 2. The Kier molecular flexibility index (Phi) is 3.82. The molecular weight excluding hydrogens is 360 g/mol. The molecule has 1 N–H and O–H groups in total. The average Bonchev–Trinajstić information content (AvgIpc) is 2.92. The summed E-state index contributed by atoms with van der Waals surface area (Å²) < 4.78 is 6.92. The molecule has 2 aromatic heterocycles. The van der Waals surface area contributed by atoms with Gasteiger partial charge < -0.3 is 9.52 Å². The van der Waals surface area contributed by atoms with Crippen LogP contribution in [-0.2, 0) is 11.2 Å². The van der Waals surface area contributed by atoms with Crippen molar-refractivity contribution in [2.75, 3.05) is 0 Å². The molecule has 0 radical (unpaired) electrons. The largest absolute Gasteiger partial charge is 0.481 e. The maximum absolute atomic E-state index is 12.5. The van der Waals surface area contributed by atoms with Crippen LogP contribution >= 0.6 is 22.9 Å². The van der Waals surface area contributed by atoms with Gasteiger partial charge in [0.1, 0.15) is 11.3 Å². The normalized spacial score (nSPS) is 11.2. The van der Waals surface area contributed by atoms with Gasteiger partial charge in [0.25, 0.3) is 0 Å². The molecule has 6 heteroatoms. The minimum absolute atomic E-state index is 0.218. The van der Waals surface area contributed by atoms with E-state index in [2.05, 4.69) is 0 Å². The zero-order valence-electron chi connectivity index (χ0n) is 12.8. The highest BCUT2D eigenvalue weighted by Crippen LogP contribution is 2.42. The van der Waals surface area contributed by atoms with Crippen LogP contribution in [0.4, 0.5) is 0 Å². The highest BCUT2D eigenvalue weighted by atomic mass is 35.5. The van der Waals surface area contributed by atoms with Gasteiger partial charge in [-0.3, -0.25) is 9.59 Å². The van der Waals surface area contributed by atoms with E-state index in [9.17, 15) is 9.59 Å². The van der Waals surface area contributed by atoms with Gasteiger partial charge in [-0.15, -0.1) is 11.3 Å². The summed E-state index contributed by atoms with van der Waals surface area (Å²) in [7, 11) is 0.